The molecule has 5 nitrogen and oxygen atoms in total. The number of rotatable bonds is 4. The summed E-state index contributed by atoms with van der Waals surface area (Å²) >= 11 is 0. The molecule has 0 aliphatic heterocycles. The molecule has 92 valence electrons. The highest BCUT2D eigenvalue weighted by molar-refractivity contribution is 6.58. The van der Waals surface area contributed by atoms with E-state index in [-0.39, 0.29) is 6.10 Å². The van der Waals surface area contributed by atoms with Gasteiger partial charge < -0.3 is 14.8 Å². The van der Waals surface area contributed by atoms with Gasteiger partial charge in [0.15, 0.2) is 0 Å². The van der Waals surface area contributed by atoms with Crippen LogP contribution in [0.5, 0.6) is 5.88 Å². The fraction of sp³-hybridized carbons (Fsp3) is 0.167. The van der Waals surface area contributed by atoms with Crippen LogP contribution in [0.3, 0.4) is 0 Å². The van der Waals surface area contributed by atoms with Crippen LogP contribution in [0.15, 0.2) is 42.7 Å². The van der Waals surface area contributed by atoms with Gasteiger partial charge in [-0.15, -0.1) is 0 Å². The molecule has 2 rings (SSSR count). The van der Waals surface area contributed by atoms with Crippen LogP contribution in [0.1, 0.15) is 18.7 Å². The lowest BCUT2D eigenvalue weighted by atomic mass is 9.81. The van der Waals surface area contributed by atoms with Gasteiger partial charge in [0.2, 0.25) is 5.88 Å². The van der Waals surface area contributed by atoms with Crippen LogP contribution < -0.4 is 10.2 Å². The van der Waals surface area contributed by atoms with Gasteiger partial charge in [0, 0.05) is 18.5 Å². The highest BCUT2D eigenvalue weighted by Gasteiger charge is 2.14. The van der Waals surface area contributed by atoms with E-state index in [0.29, 0.717) is 11.3 Å². The molecule has 2 N–H and O–H groups in total. The first-order valence-corrected chi connectivity index (χ1v) is 5.56. The predicted molar refractivity (Wildman–Crippen MR) is 67.3 cm³/mol. The normalized spacial score (nSPS) is 11.9. The molecule has 2 heterocycles. The van der Waals surface area contributed by atoms with Gasteiger partial charge in [-0.25, -0.2) is 4.98 Å². The van der Waals surface area contributed by atoms with Gasteiger partial charge in [-0.2, -0.15) is 0 Å². The molecule has 0 saturated carbocycles. The average molecular weight is 244 g/mol. The van der Waals surface area contributed by atoms with Crippen molar-refractivity contribution in [2.24, 2.45) is 0 Å². The first-order chi connectivity index (χ1) is 8.66. The summed E-state index contributed by atoms with van der Waals surface area (Å²) in [5, 5.41) is 18.1. The number of hydrogen-bond acceptors (Lipinski definition) is 5. The molecule has 0 aliphatic carbocycles. The molecule has 0 spiro atoms. The molecule has 0 bridgehead atoms. The number of ether oxygens (including phenoxy) is 1. The van der Waals surface area contributed by atoms with E-state index in [4.69, 9.17) is 14.8 Å². The highest BCUT2D eigenvalue weighted by Crippen LogP contribution is 2.16. The van der Waals surface area contributed by atoms with E-state index >= 15 is 0 Å². The van der Waals surface area contributed by atoms with Gasteiger partial charge in [0.05, 0.1) is 5.69 Å². The summed E-state index contributed by atoms with van der Waals surface area (Å²) in [6.45, 7) is 1.85. The molecule has 0 unspecified atom stereocenters. The van der Waals surface area contributed by atoms with Crippen molar-refractivity contribution in [2.75, 3.05) is 0 Å². The summed E-state index contributed by atoms with van der Waals surface area (Å²) < 4.78 is 5.60. The van der Waals surface area contributed by atoms with Gasteiger partial charge in [-0.3, -0.25) is 4.98 Å². The zero-order valence-electron chi connectivity index (χ0n) is 9.89. The van der Waals surface area contributed by atoms with Crippen molar-refractivity contribution in [1.82, 2.24) is 9.97 Å². The van der Waals surface area contributed by atoms with Crippen molar-refractivity contribution in [3.63, 3.8) is 0 Å². The molecule has 0 aromatic carbocycles. The standard InChI is InChI=1S/C12H13BN2O3/c1-9(11-4-2-3-6-14-11)18-12-8-10(13(16)17)5-7-15-12/h2-9,16-17H,1H3/t9-/m1/s1. The molecule has 0 fully saturated rings. The summed E-state index contributed by atoms with van der Waals surface area (Å²) in [7, 11) is -1.53. The Hall–Kier alpha value is -1.92. The number of aromatic nitrogens is 2. The van der Waals surface area contributed by atoms with Crippen LogP contribution in [-0.2, 0) is 0 Å². The van der Waals surface area contributed by atoms with Crippen molar-refractivity contribution in [1.29, 1.82) is 0 Å². The predicted octanol–water partition coefficient (Wildman–Crippen LogP) is 0.296. The Morgan fingerprint density at radius 2 is 2.00 bits per heavy atom. The Morgan fingerprint density at radius 3 is 2.67 bits per heavy atom. The maximum Gasteiger partial charge on any atom is 0.488 e. The van der Waals surface area contributed by atoms with Gasteiger partial charge in [-0.05, 0) is 30.6 Å². The Kier molecular flexibility index (Phi) is 3.91. The van der Waals surface area contributed by atoms with Crippen molar-refractivity contribution < 1.29 is 14.8 Å². The molecule has 0 saturated heterocycles. The molecule has 2 aromatic heterocycles. The second-order valence-corrected chi connectivity index (χ2v) is 3.82. The van der Waals surface area contributed by atoms with Gasteiger partial charge in [0.25, 0.3) is 0 Å². The van der Waals surface area contributed by atoms with E-state index in [1.807, 2.05) is 25.1 Å². The summed E-state index contributed by atoms with van der Waals surface area (Å²) in [6.07, 6.45) is 2.90. The Bertz CT molecular complexity index is 508. The maximum atomic E-state index is 9.06. The highest BCUT2D eigenvalue weighted by atomic mass is 16.5. The van der Waals surface area contributed by atoms with E-state index < -0.39 is 7.12 Å². The summed E-state index contributed by atoms with van der Waals surface area (Å²) in [6, 6.07) is 8.57. The topological polar surface area (TPSA) is 75.5 Å². The maximum absolute atomic E-state index is 9.06. The van der Waals surface area contributed by atoms with E-state index in [2.05, 4.69) is 9.97 Å². The largest absolute Gasteiger partial charge is 0.488 e. The van der Waals surface area contributed by atoms with Crippen LogP contribution in [-0.4, -0.2) is 27.1 Å². The summed E-state index contributed by atoms with van der Waals surface area (Å²) in [5.41, 5.74) is 1.13. The smallest absolute Gasteiger partial charge is 0.468 e. The third kappa shape index (κ3) is 3.06. The Morgan fingerprint density at radius 1 is 1.17 bits per heavy atom. The van der Waals surface area contributed by atoms with Crippen molar-refractivity contribution in [3.05, 3.63) is 48.4 Å². The number of pyridine rings is 2. The average Bonchev–Trinajstić information content (AvgIpc) is 2.40. The quantitative estimate of drug-likeness (QED) is 0.756. The zero-order chi connectivity index (χ0) is 13.0. The molecule has 0 radical (unpaired) electrons. The Labute approximate surface area is 105 Å². The molecular weight excluding hydrogens is 231 g/mol. The minimum absolute atomic E-state index is 0.259. The van der Waals surface area contributed by atoms with Gasteiger partial charge in [0.1, 0.15) is 6.10 Å². The van der Waals surface area contributed by atoms with Crippen LogP contribution in [0.4, 0.5) is 0 Å². The van der Waals surface area contributed by atoms with Crippen LogP contribution >= 0.6 is 0 Å². The second-order valence-electron chi connectivity index (χ2n) is 3.82. The minimum atomic E-state index is -1.53. The lowest BCUT2D eigenvalue weighted by Gasteiger charge is -2.13. The fourth-order valence-electron chi connectivity index (χ4n) is 1.51. The third-order valence-corrected chi connectivity index (χ3v) is 2.46. The van der Waals surface area contributed by atoms with Gasteiger partial charge in [-0.1, -0.05) is 6.07 Å². The lowest BCUT2D eigenvalue weighted by Crippen LogP contribution is -2.29. The van der Waals surface area contributed by atoms with Gasteiger partial charge >= 0.3 is 7.12 Å². The van der Waals surface area contributed by atoms with E-state index in [0.717, 1.165) is 5.69 Å². The van der Waals surface area contributed by atoms with Crippen LogP contribution in [0.2, 0.25) is 0 Å². The van der Waals surface area contributed by atoms with Crippen LogP contribution in [0, 0.1) is 0 Å². The molecule has 0 aliphatic rings. The molecule has 1 atom stereocenters. The zero-order valence-corrected chi connectivity index (χ0v) is 9.89. The SMILES string of the molecule is C[C@@H](Oc1cc(B(O)O)ccn1)c1ccccn1. The Balaban J connectivity index is 2.12. The molecular formula is C12H13BN2O3. The minimum Gasteiger partial charge on any atom is -0.468 e. The van der Waals surface area contributed by atoms with Crippen LogP contribution in [0.25, 0.3) is 0 Å². The van der Waals surface area contributed by atoms with E-state index in [1.54, 1.807) is 6.20 Å². The fourth-order valence-corrected chi connectivity index (χ4v) is 1.51. The monoisotopic (exact) mass is 244 g/mol. The first-order valence-electron chi connectivity index (χ1n) is 5.56. The molecule has 6 heteroatoms. The third-order valence-electron chi connectivity index (χ3n) is 2.46. The lowest BCUT2D eigenvalue weighted by molar-refractivity contribution is 0.213. The number of nitrogens with zero attached hydrogens (tertiary/aromatic N) is 2. The van der Waals surface area contributed by atoms with Crippen molar-refractivity contribution in [3.8, 4) is 5.88 Å². The van der Waals surface area contributed by atoms with Crippen molar-refractivity contribution >= 4 is 12.6 Å². The first kappa shape index (κ1) is 12.5. The molecule has 2 aromatic rings. The number of hydrogen-bond donors (Lipinski definition) is 2. The van der Waals surface area contributed by atoms with Crippen molar-refractivity contribution in [2.45, 2.75) is 13.0 Å². The van der Waals surface area contributed by atoms with E-state index in [1.165, 1.54) is 18.3 Å². The summed E-state index contributed by atoms with van der Waals surface area (Å²) in [4.78, 5) is 8.20. The summed E-state index contributed by atoms with van der Waals surface area (Å²) in [5.74, 6) is 0.332. The van der Waals surface area contributed by atoms with E-state index in [9.17, 15) is 0 Å². The second kappa shape index (κ2) is 5.62. The molecule has 18 heavy (non-hydrogen) atoms. The molecule has 0 amide bonds.